The molecular weight excluding hydrogens is 248 g/mol. The smallest absolute Gasteiger partial charge is 0.121 e. The zero-order valence-electron chi connectivity index (χ0n) is 10.4. The molecule has 1 atom stereocenters. The maximum atomic E-state index is 9.82. The van der Waals surface area contributed by atoms with Crippen LogP contribution in [-0.4, -0.2) is 35.7 Å². The number of hydrogen-bond donors (Lipinski definition) is 2. The second-order valence-electron chi connectivity index (χ2n) is 5.36. The van der Waals surface area contributed by atoms with Gasteiger partial charge in [0.2, 0.25) is 0 Å². The number of rotatable bonds is 3. The van der Waals surface area contributed by atoms with Crippen LogP contribution in [0.4, 0.5) is 0 Å². The van der Waals surface area contributed by atoms with E-state index in [1.165, 1.54) is 25.9 Å². The summed E-state index contributed by atoms with van der Waals surface area (Å²) in [4.78, 5) is 2.52. The monoisotopic (exact) mass is 266 g/mol. The number of benzene rings is 1. The average Bonchev–Trinajstić information content (AvgIpc) is 2.39. The highest BCUT2D eigenvalue weighted by atomic mass is 35.5. The lowest BCUT2D eigenvalue weighted by molar-refractivity contribution is 0.0719. The van der Waals surface area contributed by atoms with Crippen molar-refractivity contribution in [3.8, 4) is 5.75 Å². The zero-order chi connectivity index (χ0) is 12.5. The van der Waals surface area contributed by atoms with Crippen LogP contribution in [0.1, 0.15) is 18.4 Å². The van der Waals surface area contributed by atoms with Crippen LogP contribution in [0.3, 0.4) is 0 Å². The molecule has 1 unspecified atom stereocenters. The Bertz CT molecular complexity index is 410. The van der Waals surface area contributed by atoms with Crippen LogP contribution >= 0.6 is 11.6 Å². The lowest BCUT2D eigenvalue weighted by Crippen LogP contribution is -2.55. The largest absolute Gasteiger partial charge is 0.508 e. The molecule has 18 heavy (non-hydrogen) atoms. The Balaban J connectivity index is 1.64. The molecular formula is C14H19ClN2O. The first-order valence-electron chi connectivity index (χ1n) is 6.66. The SMILES string of the molecule is Oc1cccc(Cl)c1CNC1CN2CCC1CC2. The van der Waals surface area contributed by atoms with Crippen molar-refractivity contribution in [1.29, 1.82) is 0 Å². The van der Waals surface area contributed by atoms with Crippen molar-refractivity contribution in [2.24, 2.45) is 5.92 Å². The molecule has 2 bridgehead atoms. The lowest BCUT2D eigenvalue weighted by Gasteiger charge is -2.45. The summed E-state index contributed by atoms with van der Waals surface area (Å²) in [6.45, 7) is 4.29. The third-order valence-corrected chi connectivity index (χ3v) is 4.65. The maximum Gasteiger partial charge on any atom is 0.121 e. The first-order chi connectivity index (χ1) is 8.74. The number of aromatic hydroxyl groups is 1. The number of nitrogens with zero attached hydrogens (tertiary/aromatic N) is 1. The fourth-order valence-electron chi connectivity index (χ4n) is 3.15. The Morgan fingerprint density at radius 1 is 1.33 bits per heavy atom. The molecule has 3 fully saturated rings. The quantitative estimate of drug-likeness (QED) is 0.881. The molecule has 0 amide bonds. The van der Waals surface area contributed by atoms with Gasteiger partial charge in [-0.05, 0) is 44.0 Å². The van der Waals surface area contributed by atoms with E-state index in [4.69, 9.17) is 11.6 Å². The van der Waals surface area contributed by atoms with E-state index in [0.717, 1.165) is 18.0 Å². The summed E-state index contributed by atoms with van der Waals surface area (Å²) < 4.78 is 0. The molecule has 98 valence electrons. The van der Waals surface area contributed by atoms with Crippen molar-refractivity contribution < 1.29 is 5.11 Å². The molecule has 4 heteroatoms. The lowest BCUT2D eigenvalue weighted by atomic mass is 9.84. The van der Waals surface area contributed by atoms with Crippen LogP contribution in [0, 0.1) is 5.92 Å². The van der Waals surface area contributed by atoms with E-state index >= 15 is 0 Å². The molecule has 3 saturated heterocycles. The van der Waals surface area contributed by atoms with E-state index < -0.39 is 0 Å². The van der Waals surface area contributed by atoms with Crippen molar-refractivity contribution >= 4 is 11.6 Å². The minimum atomic E-state index is 0.288. The molecule has 3 nitrogen and oxygen atoms in total. The normalized spacial score (nSPS) is 30.6. The number of hydrogen-bond acceptors (Lipinski definition) is 3. The molecule has 4 rings (SSSR count). The second-order valence-corrected chi connectivity index (χ2v) is 5.77. The van der Waals surface area contributed by atoms with Gasteiger partial charge < -0.3 is 15.3 Å². The van der Waals surface area contributed by atoms with Crippen LogP contribution < -0.4 is 5.32 Å². The van der Waals surface area contributed by atoms with Crippen molar-refractivity contribution in [3.63, 3.8) is 0 Å². The molecule has 3 aliphatic heterocycles. The number of phenolic OH excluding ortho intramolecular Hbond substituents is 1. The standard InChI is InChI=1S/C14H19ClN2O/c15-12-2-1-3-14(18)11(12)8-16-13-9-17-6-4-10(13)5-7-17/h1-3,10,13,16,18H,4-9H2. The molecule has 1 aromatic rings. The van der Waals surface area contributed by atoms with Crippen LogP contribution in [0.2, 0.25) is 5.02 Å². The summed E-state index contributed by atoms with van der Waals surface area (Å²) in [7, 11) is 0. The second kappa shape index (κ2) is 5.08. The van der Waals surface area contributed by atoms with E-state index in [-0.39, 0.29) is 5.75 Å². The predicted octanol–water partition coefficient (Wildman–Crippen LogP) is 2.23. The summed E-state index contributed by atoms with van der Waals surface area (Å²) in [5.74, 6) is 1.08. The van der Waals surface area contributed by atoms with E-state index in [0.29, 0.717) is 17.6 Å². The number of halogens is 1. The Morgan fingerprint density at radius 3 is 2.72 bits per heavy atom. The van der Waals surface area contributed by atoms with Gasteiger partial charge in [-0.2, -0.15) is 0 Å². The summed E-state index contributed by atoms with van der Waals surface area (Å²) in [5, 5.41) is 14.0. The van der Waals surface area contributed by atoms with Crippen LogP contribution in [0.25, 0.3) is 0 Å². The summed E-state index contributed by atoms with van der Waals surface area (Å²) in [6, 6.07) is 5.84. The van der Waals surface area contributed by atoms with Gasteiger partial charge in [0, 0.05) is 29.7 Å². The minimum Gasteiger partial charge on any atom is -0.508 e. The Labute approximate surface area is 113 Å². The highest BCUT2D eigenvalue weighted by Gasteiger charge is 2.33. The van der Waals surface area contributed by atoms with E-state index in [1.807, 2.05) is 6.07 Å². The Hall–Kier alpha value is -0.770. The van der Waals surface area contributed by atoms with Gasteiger partial charge in [-0.15, -0.1) is 0 Å². The molecule has 0 aliphatic carbocycles. The molecule has 0 saturated carbocycles. The molecule has 3 heterocycles. The summed E-state index contributed by atoms with van der Waals surface area (Å²) in [5.41, 5.74) is 0.815. The molecule has 2 N–H and O–H groups in total. The van der Waals surface area contributed by atoms with Gasteiger partial charge >= 0.3 is 0 Å². The van der Waals surface area contributed by atoms with Gasteiger partial charge in [0.25, 0.3) is 0 Å². The number of fused-ring (bicyclic) bond motifs is 3. The topological polar surface area (TPSA) is 35.5 Å². The Morgan fingerprint density at radius 2 is 2.11 bits per heavy atom. The van der Waals surface area contributed by atoms with Gasteiger partial charge in [0.15, 0.2) is 0 Å². The molecule has 3 aliphatic rings. The fraction of sp³-hybridized carbons (Fsp3) is 0.571. The third kappa shape index (κ3) is 2.35. The predicted molar refractivity (Wildman–Crippen MR) is 72.9 cm³/mol. The molecule has 0 radical (unpaired) electrons. The van der Waals surface area contributed by atoms with Crippen molar-refractivity contribution in [3.05, 3.63) is 28.8 Å². The van der Waals surface area contributed by atoms with Crippen LogP contribution in [0.15, 0.2) is 18.2 Å². The molecule has 0 spiro atoms. The van der Waals surface area contributed by atoms with Crippen LogP contribution in [0.5, 0.6) is 5.75 Å². The van der Waals surface area contributed by atoms with E-state index in [2.05, 4.69) is 10.2 Å². The van der Waals surface area contributed by atoms with E-state index in [9.17, 15) is 5.11 Å². The van der Waals surface area contributed by atoms with E-state index in [1.54, 1.807) is 12.1 Å². The van der Waals surface area contributed by atoms with Gasteiger partial charge in [-0.1, -0.05) is 17.7 Å². The summed E-state index contributed by atoms with van der Waals surface area (Å²) >= 11 is 6.12. The van der Waals surface area contributed by atoms with Gasteiger partial charge in [0.1, 0.15) is 5.75 Å². The van der Waals surface area contributed by atoms with Crippen molar-refractivity contribution in [2.45, 2.75) is 25.4 Å². The maximum absolute atomic E-state index is 9.82. The Kier molecular flexibility index (Phi) is 3.46. The highest BCUT2D eigenvalue weighted by molar-refractivity contribution is 6.31. The fourth-order valence-corrected chi connectivity index (χ4v) is 3.39. The highest BCUT2D eigenvalue weighted by Crippen LogP contribution is 2.29. The molecule has 0 aromatic heterocycles. The minimum absolute atomic E-state index is 0.288. The van der Waals surface area contributed by atoms with Gasteiger partial charge in [-0.3, -0.25) is 0 Å². The van der Waals surface area contributed by atoms with Crippen LogP contribution in [-0.2, 0) is 6.54 Å². The van der Waals surface area contributed by atoms with Gasteiger partial charge in [0.05, 0.1) is 0 Å². The first kappa shape index (κ1) is 12.3. The van der Waals surface area contributed by atoms with Gasteiger partial charge in [-0.25, -0.2) is 0 Å². The summed E-state index contributed by atoms with van der Waals surface area (Å²) in [6.07, 6.45) is 2.60. The average molecular weight is 267 g/mol. The first-order valence-corrected chi connectivity index (χ1v) is 7.04. The molecule has 1 aromatic carbocycles. The third-order valence-electron chi connectivity index (χ3n) is 4.29. The van der Waals surface area contributed by atoms with Crippen molar-refractivity contribution in [1.82, 2.24) is 10.2 Å². The zero-order valence-corrected chi connectivity index (χ0v) is 11.2. The number of phenols is 1. The number of piperidine rings is 3. The number of nitrogens with one attached hydrogen (secondary N) is 1. The van der Waals surface area contributed by atoms with Crippen molar-refractivity contribution in [2.75, 3.05) is 19.6 Å².